The molecule has 5 aromatic rings. The summed E-state index contributed by atoms with van der Waals surface area (Å²) in [7, 11) is 4.03. The second-order valence-corrected chi connectivity index (χ2v) is 6.16. The largest absolute Gasteiger partial charge is 2.00 e. The van der Waals surface area contributed by atoms with Crippen LogP contribution in [0.4, 0.5) is 0 Å². The Morgan fingerprint density at radius 3 is 2.38 bits per heavy atom. The Balaban J connectivity index is 0.000000186. The second-order valence-electron chi connectivity index (χ2n) is 6.16. The molecule has 7 heteroatoms. The van der Waals surface area contributed by atoms with E-state index in [1.807, 2.05) is 61.5 Å². The quantitative estimate of drug-likeness (QED) is 0.310. The molecule has 0 saturated heterocycles. The predicted octanol–water partition coefficient (Wildman–Crippen LogP) is 4.16. The summed E-state index contributed by atoms with van der Waals surface area (Å²) < 4.78 is 10.7. The Morgan fingerprint density at radius 1 is 0.931 bits per heavy atom. The van der Waals surface area contributed by atoms with Crippen LogP contribution in [0.3, 0.4) is 0 Å². The van der Waals surface area contributed by atoms with Gasteiger partial charge in [0.1, 0.15) is 5.88 Å². The molecule has 0 aliphatic heterocycles. The Kier molecular flexibility index (Phi) is 6.68. The molecule has 4 aromatic heterocycles. The van der Waals surface area contributed by atoms with E-state index in [2.05, 4.69) is 38.9 Å². The van der Waals surface area contributed by atoms with Crippen LogP contribution in [0.5, 0.6) is 0 Å². The molecular weight excluding hydrogens is 545 g/mol. The average Bonchev–Trinajstić information content (AvgIpc) is 3.50. The molecular formula is C22H19N5OPt. The molecule has 6 nitrogen and oxygen atoms in total. The molecule has 1 aromatic carbocycles. The fourth-order valence-electron chi connectivity index (χ4n) is 2.94. The molecule has 0 aliphatic carbocycles. The van der Waals surface area contributed by atoms with Crippen LogP contribution in [-0.4, -0.2) is 23.9 Å². The van der Waals surface area contributed by atoms with Gasteiger partial charge in [-0.05, 0) is 20.2 Å². The summed E-state index contributed by atoms with van der Waals surface area (Å²) in [5, 5.41) is 3.95. The fraction of sp³-hybridized carbons (Fsp3) is 0.0909. The first-order valence-electron chi connectivity index (χ1n) is 8.79. The molecule has 0 N–H and O–H groups in total. The van der Waals surface area contributed by atoms with Gasteiger partial charge in [0.25, 0.3) is 0 Å². The van der Waals surface area contributed by atoms with Crippen molar-refractivity contribution >= 4 is 0 Å². The fourth-order valence-corrected chi connectivity index (χ4v) is 2.94. The summed E-state index contributed by atoms with van der Waals surface area (Å²) in [4.78, 5) is 4.40. The maximum Gasteiger partial charge on any atom is 2.00 e. The van der Waals surface area contributed by atoms with Gasteiger partial charge in [-0.2, -0.15) is 23.3 Å². The van der Waals surface area contributed by atoms with Crippen LogP contribution in [-0.2, 0) is 35.2 Å². The third kappa shape index (κ3) is 4.49. The normalized spacial score (nSPS) is 10.1. The minimum atomic E-state index is 0. The van der Waals surface area contributed by atoms with E-state index in [4.69, 9.17) is 4.42 Å². The Labute approximate surface area is 183 Å². The molecule has 148 valence electrons. The van der Waals surface area contributed by atoms with E-state index in [9.17, 15) is 0 Å². The van der Waals surface area contributed by atoms with Crippen LogP contribution in [0.1, 0.15) is 0 Å². The van der Waals surface area contributed by atoms with Crippen molar-refractivity contribution in [3.8, 4) is 28.5 Å². The van der Waals surface area contributed by atoms with Gasteiger partial charge in [0.2, 0.25) is 0 Å². The van der Waals surface area contributed by atoms with Gasteiger partial charge in [-0.3, -0.25) is 0 Å². The molecule has 0 atom stereocenters. The van der Waals surface area contributed by atoms with Crippen LogP contribution in [0.2, 0.25) is 0 Å². The molecule has 29 heavy (non-hydrogen) atoms. The van der Waals surface area contributed by atoms with E-state index >= 15 is 0 Å². The monoisotopic (exact) mass is 564 g/mol. The van der Waals surface area contributed by atoms with Gasteiger partial charge in [0, 0.05) is 30.6 Å². The minimum absolute atomic E-state index is 0. The summed E-state index contributed by atoms with van der Waals surface area (Å²) in [6.07, 6.45) is 10.8. The summed E-state index contributed by atoms with van der Waals surface area (Å²) in [6.45, 7) is 0. The van der Waals surface area contributed by atoms with Crippen molar-refractivity contribution in [1.29, 1.82) is 0 Å². The van der Waals surface area contributed by atoms with Gasteiger partial charge in [0.05, 0.1) is 0 Å². The van der Waals surface area contributed by atoms with Crippen molar-refractivity contribution in [1.82, 2.24) is 23.9 Å². The molecule has 0 aliphatic rings. The summed E-state index contributed by atoms with van der Waals surface area (Å²) in [5.74, 6) is 1.56. The van der Waals surface area contributed by atoms with Crippen molar-refractivity contribution in [3.63, 3.8) is 0 Å². The van der Waals surface area contributed by atoms with E-state index in [0.717, 1.165) is 17.1 Å². The molecule has 0 radical (unpaired) electrons. The molecule has 0 bridgehead atoms. The number of nitrogens with zero attached hydrogens (tertiary/aromatic N) is 5. The molecule has 0 spiro atoms. The zero-order chi connectivity index (χ0) is 19.3. The molecule has 5 rings (SSSR count). The number of furan rings is 1. The number of aryl methyl sites for hydroxylation is 2. The van der Waals surface area contributed by atoms with Gasteiger partial charge < -0.3 is 18.5 Å². The maximum absolute atomic E-state index is 5.02. The third-order valence-electron chi connectivity index (χ3n) is 4.25. The van der Waals surface area contributed by atoms with Gasteiger partial charge in [-0.15, -0.1) is 5.56 Å². The minimum Gasteiger partial charge on any atom is -0.554 e. The van der Waals surface area contributed by atoms with Gasteiger partial charge >= 0.3 is 21.1 Å². The first-order valence-corrected chi connectivity index (χ1v) is 8.79. The van der Waals surface area contributed by atoms with E-state index < -0.39 is 0 Å². The topological polar surface area (TPSA) is 53.7 Å². The molecule has 0 fully saturated rings. The van der Waals surface area contributed by atoms with Crippen LogP contribution in [0.25, 0.3) is 28.5 Å². The zero-order valence-electron chi connectivity index (χ0n) is 16.0. The Bertz CT molecular complexity index is 1090. The zero-order valence-corrected chi connectivity index (χ0v) is 18.2. The first-order chi connectivity index (χ1) is 13.7. The number of rotatable bonds is 3. The van der Waals surface area contributed by atoms with Crippen LogP contribution < -0.4 is 0 Å². The molecule has 0 unspecified atom stereocenters. The predicted molar refractivity (Wildman–Crippen MR) is 107 cm³/mol. The van der Waals surface area contributed by atoms with Crippen molar-refractivity contribution in [2.24, 2.45) is 14.1 Å². The molecule has 4 heterocycles. The standard InChI is InChI=1S/C15H14N3.C7H5N2O.Pt/c1-17-10-8-13(15-16-9-11-18(15)2)14(17)12-6-4-3-5-7-12;1-3-7(10-6-1)9-5-2-4-8-9;/h3-7,9-11H,1-2H3;1-2,4-6H;/q2*-1;+2. The smallest absolute Gasteiger partial charge is 0.554 e. The van der Waals surface area contributed by atoms with Crippen molar-refractivity contribution < 1.29 is 25.5 Å². The summed E-state index contributed by atoms with van der Waals surface area (Å²) in [5.41, 5.74) is 3.36. The van der Waals surface area contributed by atoms with Crippen molar-refractivity contribution in [2.45, 2.75) is 0 Å². The van der Waals surface area contributed by atoms with Gasteiger partial charge in [0.15, 0.2) is 0 Å². The van der Waals surface area contributed by atoms with E-state index in [1.165, 1.54) is 5.56 Å². The van der Waals surface area contributed by atoms with E-state index in [1.54, 1.807) is 29.4 Å². The number of hydrogen-bond donors (Lipinski definition) is 0. The van der Waals surface area contributed by atoms with Crippen LogP contribution in [0.15, 0.2) is 84.1 Å². The van der Waals surface area contributed by atoms with Gasteiger partial charge in [-0.1, -0.05) is 54.0 Å². The SMILES string of the molecule is Cn1ccnc1-c1[c-]cn(C)c1-c1ccccc1.[Pt+2].[c-]1ccoc1-n1cccn1. The van der Waals surface area contributed by atoms with Crippen molar-refractivity contribution in [3.05, 3.63) is 91.8 Å². The van der Waals surface area contributed by atoms with Crippen LogP contribution in [0, 0.1) is 12.1 Å². The van der Waals surface area contributed by atoms with Crippen LogP contribution >= 0.6 is 0 Å². The molecule has 0 amide bonds. The van der Waals surface area contributed by atoms with Crippen molar-refractivity contribution in [2.75, 3.05) is 0 Å². The van der Waals surface area contributed by atoms with E-state index in [0.29, 0.717) is 5.88 Å². The Hall–Kier alpha value is -3.11. The number of aromatic nitrogens is 5. The van der Waals surface area contributed by atoms with Gasteiger partial charge in [-0.25, -0.2) is 4.68 Å². The summed E-state index contributed by atoms with van der Waals surface area (Å²) in [6, 6.07) is 20.0. The second kappa shape index (κ2) is 9.39. The maximum atomic E-state index is 5.02. The molecule has 0 saturated carbocycles. The average molecular weight is 565 g/mol. The summed E-state index contributed by atoms with van der Waals surface area (Å²) >= 11 is 0. The number of benzene rings is 1. The first kappa shape index (κ1) is 20.6. The Morgan fingerprint density at radius 2 is 1.76 bits per heavy atom. The van der Waals surface area contributed by atoms with E-state index in [-0.39, 0.29) is 21.1 Å². The third-order valence-corrected chi connectivity index (χ3v) is 4.25. The number of imidazole rings is 1. The number of hydrogen-bond acceptors (Lipinski definition) is 3.